The fourth-order valence-electron chi connectivity index (χ4n) is 2.58. The van der Waals surface area contributed by atoms with Gasteiger partial charge in [-0.25, -0.2) is 0 Å². The molecule has 0 saturated carbocycles. The SMILES string of the molecule is Cc1ccc(-c2cn(C3CCNC3)nc2C)cc1Br. The van der Waals surface area contributed by atoms with Crippen molar-refractivity contribution in [3.8, 4) is 11.1 Å². The molecular weight excluding hydrogens is 302 g/mol. The van der Waals surface area contributed by atoms with Gasteiger partial charge in [0.1, 0.15) is 0 Å². The van der Waals surface area contributed by atoms with E-state index in [2.05, 4.69) is 69.3 Å². The second kappa shape index (κ2) is 5.10. The quantitative estimate of drug-likeness (QED) is 0.918. The van der Waals surface area contributed by atoms with E-state index in [-0.39, 0.29) is 0 Å². The topological polar surface area (TPSA) is 29.9 Å². The average molecular weight is 320 g/mol. The third-order valence-corrected chi connectivity index (χ3v) is 4.66. The Morgan fingerprint density at radius 3 is 2.89 bits per heavy atom. The molecule has 100 valence electrons. The Bertz CT molecular complexity index is 597. The minimum Gasteiger partial charge on any atom is -0.315 e. The van der Waals surface area contributed by atoms with E-state index in [1.165, 1.54) is 16.7 Å². The van der Waals surface area contributed by atoms with Crippen molar-refractivity contribution in [2.24, 2.45) is 0 Å². The van der Waals surface area contributed by atoms with Crippen molar-refractivity contribution in [1.29, 1.82) is 0 Å². The molecule has 1 atom stereocenters. The Morgan fingerprint density at radius 2 is 2.21 bits per heavy atom. The molecule has 3 nitrogen and oxygen atoms in total. The van der Waals surface area contributed by atoms with Crippen molar-refractivity contribution in [2.75, 3.05) is 13.1 Å². The van der Waals surface area contributed by atoms with Crippen LogP contribution in [0.3, 0.4) is 0 Å². The molecular formula is C15H18BrN3. The molecule has 2 aromatic rings. The number of rotatable bonds is 2. The molecule has 1 aromatic carbocycles. The standard InChI is InChI=1S/C15H18BrN3/c1-10-3-4-12(7-15(10)16)14-9-19(18-11(14)2)13-5-6-17-8-13/h3-4,7,9,13,17H,5-6,8H2,1-2H3. The largest absolute Gasteiger partial charge is 0.315 e. The zero-order valence-electron chi connectivity index (χ0n) is 11.3. The number of nitrogens with zero attached hydrogens (tertiary/aromatic N) is 2. The molecule has 0 bridgehead atoms. The second-order valence-electron chi connectivity index (χ2n) is 5.22. The molecule has 1 fully saturated rings. The van der Waals surface area contributed by atoms with Crippen LogP contribution in [-0.4, -0.2) is 22.9 Å². The minimum atomic E-state index is 0.501. The lowest BCUT2D eigenvalue weighted by Gasteiger charge is -2.07. The van der Waals surface area contributed by atoms with Gasteiger partial charge in [0.15, 0.2) is 0 Å². The number of aromatic nitrogens is 2. The third-order valence-electron chi connectivity index (χ3n) is 3.81. The number of benzene rings is 1. The minimum absolute atomic E-state index is 0.501. The number of aryl methyl sites for hydroxylation is 2. The summed E-state index contributed by atoms with van der Waals surface area (Å²) in [6, 6.07) is 6.99. The lowest BCUT2D eigenvalue weighted by Crippen LogP contribution is -2.13. The summed E-state index contributed by atoms with van der Waals surface area (Å²) >= 11 is 3.60. The fourth-order valence-corrected chi connectivity index (χ4v) is 2.96. The summed E-state index contributed by atoms with van der Waals surface area (Å²) < 4.78 is 3.28. The van der Waals surface area contributed by atoms with Gasteiger partial charge in [-0.05, 0) is 44.0 Å². The van der Waals surface area contributed by atoms with E-state index in [4.69, 9.17) is 0 Å². The van der Waals surface area contributed by atoms with Gasteiger partial charge >= 0.3 is 0 Å². The zero-order valence-corrected chi connectivity index (χ0v) is 12.9. The van der Waals surface area contributed by atoms with Gasteiger partial charge in [-0.15, -0.1) is 0 Å². The van der Waals surface area contributed by atoms with Gasteiger partial charge < -0.3 is 5.32 Å². The highest BCUT2D eigenvalue weighted by molar-refractivity contribution is 9.10. The van der Waals surface area contributed by atoms with Crippen LogP contribution in [-0.2, 0) is 0 Å². The van der Waals surface area contributed by atoms with E-state index in [1.54, 1.807) is 0 Å². The van der Waals surface area contributed by atoms with Gasteiger partial charge in [0.2, 0.25) is 0 Å². The van der Waals surface area contributed by atoms with Gasteiger partial charge in [0.05, 0.1) is 11.7 Å². The first kappa shape index (κ1) is 12.9. The summed E-state index contributed by atoms with van der Waals surface area (Å²) in [6.45, 7) is 6.31. The molecule has 1 aromatic heterocycles. The molecule has 0 aliphatic carbocycles. The maximum atomic E-state index is 4.68. The number of hydrogen-bond acceptors (Lipinski definition) is 2. The van der Waals surface area contributed by atoms with Gasteiger partial charge in [0.25, 0.3) is 0 Å². The summed E-state index contributed by atoms with van der Waals surface area (Å²) in [6.07, 6.45) is 3.35. The summed E-state index contributed by atoms with van der Waals surface area (Å²) in [5.74, 6) is 0. The number of halogens is 1. The van der Waals surface area contributed by atoms with E-state index in [9.17, 15) is 0 Å². The Kier molecular flexibility index (Phi) is 3.46. The molecule has 3 rings (SSSR count). The highest BCUT2D eigenvalue weighted by Gasteiger charge is 2.19. The summed E-state index contributed by atoms with van der Waals surface area (Å²) in [5.41, 5.74) is 4.82. The van der Waals surface area contributed by atoms with Crippen LogP contribution in [0.5, 0.6) is 0 Å². The monoisotopic (exact) mass is 319 g/mol. The molecule has 0 radical (unpaired) electrons. The van der Waals surface area contributed by atoms with Crippen LogP contribution < -0.4 is 5.32 Å². The maximum absolute atomic E-state index is 4.68. The van der Waals surface area contributed by atoms with E-state index in [1.807, 2.05) is 0 Å². The van der Waals surface area contributed by atoms with Crippen LogP contribution in [0.1, 0.15) is 23.7 Å². The molecule has 1 unspecified atom stereocenters. The van der Waals surface area contributed by atoms with E-state index >= 15 is 0 Å². The van der Waals surface area contributed by atoms with Crippen molar-refractivity contribution in [2.45, 2.75) is 26.3 Å². The molecule has 0 spiro atoms. The zero-order chi connectivity index (χ0) is 13.4. The van der Waals surface area contributed by atoms with Gasteiger partial charge in [0, 0.05) is 22.8 Å². The number of hydrogen-bond donors (Lipinski definition) is 1. The normalized spacial score (nSPS) is 19.0. The third kappa shape index (κ3) is 2.47. The van der Waals surface area contributed by atoms with Crippen molar-refractivity contribution in [3.63, 3.8) is 0 Å². The average Bonchev–Trinajstić information content (AvgIpc) is 3.01. The first-order valence-corrected chi connectivity index (χ1v) is 7.47. The van der Waals surface area contributed by atoms with E-state index in [0.717, 1.165) is 29.7 Å². The molecule has 1 aliphatic heterocycles. The lowest BCUT2D eigenvalue weighted by molar-refractivity contribution is 0.488. The van der Waals surface area contributed by atoms with Crippen molar-refractivity contribution in [3.05, 3.63) is 40.1 Å². The first-order chi connectivity index (χ1) is 9.15. The predicted molar refractivity (Wildman–Crippen MR) is 81.4 cm³/mol. The van der Waals surface area contributed by atoms with Gasteiger partial charge in [-0.1, -0.05) is 28.1 Å². The predicted octanol–water partition coefficient (Wildman–Crippen LogP) is 3.46. The smallest absolute Gasteiger partial charge is 0.0672 e. The summed E-state index contributed by atoms with van der Waals surface area (Å²) in [7, 11) is 0. The van der Waals surface area contributed by atoms with Crippen molar-refractivity contribution < 1.29 is 0 Å². The van der Waals surface area contributed by atoms with E-state index in [0.29, 0.717) is 6.04 Å². The van der Waals surface area contributed by atoms with Crippen LogP contribution in [0.2, 0.25) is 0 Å². The van der Waals surface area contributed by atoms with Crippen molar-refractivity contribution >= 4 is 15.9 Å². The first-order valence-electron chi connectivity index (χ1n) is 6.68. The highest BCUT2D eigenvalue weighted by atomic mass is 79.9. The Hall–Kier alpha value is -1.13. The van der Waals surface area contributed by atoms with Crippen LogP contribution in [0.4, 0.5) is 0 Å². The molecule has 1 saturated heterocycles. The molecule has 19 heavy (non-hydrogen) atoms. The molecule has 1 N–H and O–H groups in total. The summed E-state index contributed by atoms with van der Waals surface area (Å²) in [5, 5.41) is 8.07. The molecule has 2 heterocycles. The Balaban J connectivity index is 1.97. The van der Waals surface area contributed by atoms with Crippen LogP contribution in [0.15, 0.2) is 28.9 Å². The molecule has 4 heteroatoms. The van der Waals surface area contributed by atoms with Crippen LogP contribution >= 0.6 is 15.9 Å². The van der Waals surface area contributed by atoms with E-state index < -0.39 is 0 Å². The molecule has 0 amide bonds. The fraction of sp³-hybridized carbons (Fsp3) is 0.400. The maximum Gasteiger partial charge on any atom is 0.0672 e. The summed E-state index contributed by atoms with van der Waals surface area (Å²) in [4.78, 5) is 0. The Labute approximate surface area is 122 Å². The lowest BCUT2D eigenvalue weighted by atomic mass is 10.1. The Morgan fingerprint density at radius 1 is 1.37 bits per heavy atom. The molecule has 1 aliphatic rings. The van der Waals surface area contributed by atoms with Crippen molar-refractivity contribution in [1.82, 2.24) is 15.1 Å². The van der Waals surface area contributed by atoms with Crippen LogP contribution in [0, 0.1) is 13.8 Å². The van der Waals surface area contributed by atoms with Gasteiger partial charge in [-0.2, -0.15) is 5.10 Å². The second-order valence-corrected chi connectivity index (χ2v) is 6.07. The highest BCUT2D eigenvalue weighted by Crippen LogP contribution is 2.29. The van der Waals surface area contributed by atoms with Gasteiger partial charge in [-0.3, -0.25) is 4.68 Å². The number of nitrogens with one attached hydrogen (secondary N) is 1. The van der Waals surface area contributed by atoms with Crippen LogP contribution in [0.25, 0.3) is 11.1 Å².